The molecule has 0 N–H and O–H groups in total. The Hall–Kier alpha value is -3.85. The van der Waals surface area contributed by atoms with Crippen LogP contribution in [0, 0.1) is 12.7 Å². The monoisotopic (exact) mass is 492 g/mol. The number of carbonyl (C=O) groups is 3. The number of para-hydroxylation sites is 1. The number of carbonyl (C=O) groups excluding carboxylic acids is 3. The quantitative estimate of drug-likeness (QED) is 0.429. The van der Waals surface area contributed by atoms with Gasteiger partial charge in [-0.15, -0.1) is 0 Å². The minimum atomic E-state index is -1.60. The summed E-state index contributed by atoms with van der Waals surface area (Å²) >= 11 is 0. The number of nitrogens with zero attached hydrogens (tertiary/aromatic N) is 4. The Labute approximate surface area is 209 Å². The number of imide groups is 1. The van der Waals surface area contributed by atoms with Crippen LogP contribution in [0.1, 0.15) is 29.5 Å². The van der Waals surface area contributed by atoms with Crippen LogP contribution in [-0.2, 0) is 31.1 Å². The van der Waals surface area contributed by atoms with Crippen molar-refractivity contribution in [3.63, 3.8) is 0 Å². The molecule has 0 spiro atoms. The van der Waals surface area contributed by atoms with Crippen LogP contribution in [-0.4, -0.2) is 64.6 Å². The summed E-state index contributed by atoms with van der Waals surface area (Å²) in [5.74, 6) is -2.03. The van der Waals surface area contributed by atoms with Gasteiger partial charge in [0.15, 0.2) is 0 Å². The van der Waals surface area contributed by atoms with Crippen LogP contribution in [0.3, 0.4) is 0 Å². The van der Waals surface area contributed by atoms with E-state index in [-0.39, 0.29) is 44.0 Å². The zero-order valence-electron chi connectivity index (χ0n) is 20.6. The number of ether oxygens (including phenoxy) is 1. The molecule has 3 amide bonds. The number of halogens is 1. The van der Waals surface area contributed by atoms with Crippen molar-refractivity contribution in [3.05, 3.63) is 83.4 Å². The molecule has 1 atom stereocenters. The lowest BCUT2D eigenvalue weighted by molar-refractivity contribution is -0.143. The van der Waals surface area contributed by atoms with E-state index in [9.17, 15) is 18.8 Å². The summed E-state index contributed by atoms with van der Waals surface area (Å²) in [7, 11) is 3.08. The fourth-order valence-corrected chi connectivity index (χ4v) is 4.65. The topological polar surface area (TPSA) is 84.7 Å². The Morgan fingerprint density at radius 2 is 1.89 bits per heavy atom. The number of rotatable bonds is 9. The molecule has 1 saturated heterocycles. The molecule has 8 nitrogen and oxygen atoms in total. The second-order valence-corrected chi connectivity index (χ2v) is 9.09. The number of hydrogen-bond acceptors (Lipinski definition) is 5. The van der Waals surface area contributed by atoms with Crippen LogP contribution in [0.15, 0.2) is 60.9 Å². The van der Waals surface area contributed by atoms with Crippen molar-refractivity contribution in [1.29, 1.82) is 0 Å². The van der Waals surface area contributed by atoms with Crippen LogP contribution in [0.25, 0.3) is 5.69 Å². The van der Waals surface area contributed by atoms with Crippen LogP contribution in [0.2, 0.25) is 0 Å². The molecular formula is C27H29FN4O4. The number of aryl methyl sites for hydroxylation is 1. The maximum absolute atomic E-state index is 14.9. The molecule has 3 aromatic rings. The van der Waals surface area contributed by atoms with Gasteiger partial charge in [-0.25, -0.2) is 9.07 Å². The van der Waals surface area contributed by atoms with E-state index < -0.39 is 23.0 Å². The summed E-state index contributed by atoms with van der Waals surface area (Å²) in [6.45, 7) is 2.44. The molecular weight excluding hydrogens is 463 g/mol. The minimum Gasteiger partial charge on any atom is -0.383 e. The molecule has 1 aliphatic heterocycles. The van der Waals surface area contributed by atoms with Gasteiger partial charge in [0.05, 0.1) is 30.5 Å². The van der Waals surface area contributed by atoms with Gasteiger partial charge in [0.1, 0.15) is 5.82 Å². The zero-order chi connectivity index (χ0) is 25.9. The molecule has 9 heteroatoms. The van der Waals surface area contributed by atoms with Gasteiger partial charge < -0.3 is 9.64 Å². The highest BCUT2D eigenvalue weighted by Gasteiger charge is 2.54. The van der Waals surface area contributed by atoms with Crippen LogP contribution in [0.4, 0.5) is 4.39 Å². The first-order valence-corrected chi connectivity index (χ1v) is 11.7. The Bertz CT molecular complexity index is 1290. The van der Waals surface area contributed by atoms with Gasteiger partial charge in [-0.05, 0) is 24.6 Å². The Morgan fingerprint density at radius 3 is 2.61 bits per heavy atom. The number of hydrogen-bond donors (Lipinski definition) is 0. The first-order valence-electron chi connectivity index (χ1n) is 11.7. The zero-order valence-corrected chi connectivity index (χ0v) is 20.6. The Morgan fingerprint density at radius 1 is 1.17 bits per heavy atom. The normalized spacial score (nSPS) is 17.6. The first kappa shape index (κ1) is 25.2. The van der Waals surface area contributed by atoms with Crippen molar-refractivity contribution in [2.24, 2.45) is 0 Å². The van der Waals surface area contributed by atoms with E-state index >= 15 is 0 Å². The highest BCUT2D eigenvalue weighted by atomic mass is 19.1. The fraction of sp³-hybridized carbons (Fsp3) is 0.333. The van der Waals surface area contributed by atoms with E-state index in [1.807, 2.05) is 37.4 Å². The molecule has 188 valence electrons. The van der Waals surface area contributed by atoms with Crippen molar-refractivity contribution in [1.82, 2.24) is 19.6 Å². The van der Waals surface area contributed by atoms with Crippen LogP contribution >= 0.6 is 0 Å². The van der Waals surface area contributed by atoms with Gasteiger partial charge in [-0.3, -0.25) is 19.3 Å². The van der Waals surface area contributed by atoms with Gasteiger partial charge in [0, 0.05) is 50.9 Å². The van der Waals surface area contributed by atoms with E-state index in [0.717, 1.165) is 21.7 Å². The van der Waals surface area contributed by atoms with Gasteiger partial charge in [0.2, 0.25) is 17.7 Å². The third kappa shape index (κ3) is 4.79. The maximum atomic E-state index is 14.9. The number of methoxy groups -OCH3 is 1. The molecule has 2 aromatic carbocycles. The molecule has 0 unspecified atom stereocenters. The second kappa shape index (κ2) is 10.4. The van der Waals surface area contributed by atoms with Gasteiger partial charge >= 0.3 is 0 Å². The average Bonchev–Trinajstić information content (AvgIpc) is 3.40. The van der Waals surface area contributed by atoms with Gasteiger partial charge in [-0.2, -0.15) is 5.10 Å². The summed E-state index contributed by atoms with van der Waals surface area (Å²) in [5.41, 5.74) is 1.24. The fourth-order valence-electron chi connectivity index (χ4n) is 4.65. The summed E-state index contributed by atoms with van der Waals surface area (Å²) in [6.07, 6.45) is 2.92. The highest BCUT2D eigenvalue weighted by molar-refractivity contribution is 6.10. The van der Waals surface area contributed by atoms with Crippen molar-refractivity contribution < 1.29 is 23.5 Å². The van der Waals surface area contributed by atoms with Crippen molar-refractivity contribution in [2.45, 2.75) is 31.7 Å². The molecule has 0 radical (unpaired) electrons. The van der Waals surface area contributed by atoms with Crippen molar-refractivity contribution in [2.75, 3.05) is 27.3 Å². The van der Waals surface area contributed by atoms with Gasteiger partial charge in [0.25, 0.3) is 0 Å². The predicted molar refractivity (Wildman–Crippen MR) is 131 cm³/mol. The van der Waals surface area contributed by atoms with E-state index in [2.05, 4.69) is 5.10 Å². The van der Waals surface area contributed by atoms with Crippen LogP contribution in [0.5, 0.6) is 0 Å². The number of benzene rings is 2. The molecule has 36 heavy (non-hydrogen) atoms. The van der Waals surface area contributed by atoms with E-state index in [4.69, 9.17) is 4.74 Å². The third-order valence-electron chi connectivity index (χ3n) is 6.61. The molecule has 1 aromatic heterocycles. The molecule has 1 aliphatic rings. The molecule has 0 aliphatic carbocycles. The minimum absolute atomic E-state index is 0.0481. The summed E-state index contributed by atoms with van der Waals surface area (Å²) in [5, 5.41) is 4.41. The molecule has 0 saturated carbocycles. The van der Waals surface area contributed by atoms with E-state index in [1.54, 1.807) is 24.0 Å². The smallest absolute Gasteiger partial charge is 0.241 e. The van der Waals surface area contributed by atoms with E-state index in [1.165, 1.54) is 30.2 Å². The summed E-state index contributed by atoms with van der Waals surface area (Å²) in [6, 6.07) is 13.6. The Kier molecular flexibility index (Phi) is 7.30. The lowest BCUT2D eigenvalue weighted by atomic mass is 9.75. The first-order chi connectivity index (χ1) is 17.3. The molecule has 2 heterocycles. The van der Waals surface area contributed by atoms with Crippen molar-refractivity contribution in [3.8, 4) is 5.69 Å². The van der Waals surface area contributed by atoms with Crippen LogP contribution < -0.4 is 0 Å². The SMILES string of the molecule is COCCN1C(=O)C[C@@](CC(=O)N(C)Cc2cnn(-c3ccccc3C)c2)(c2ccccc2F)C1=O. The average molecular weight is 493 g/mol. The lowest BCUT2D eigenvalue weighted by Gasteiger charge is -2.29. The second-order valence-electron chi connectivity index (χ2n) is 9.09. The largest absolute Gasteiger partial charge is 0.383 e. The number of amides is 3. The van der Waals surface area contributed by atoms with E-state index in [0.29, 0.717) is 0 Å². The Balaban J connectivity index is 1.57. The van der Waals surface area contributed by atoms with Crippen molar-refractivity contribution >= 4 is 17.7 Å². The summed E-state index contributed by atoms with van der Waals surface area (Å²) in [4.78, 5) is 42.2. The lowest BCUT2D eigenvalue weighted by Crippen LogP contribution is -2.43. The third-order valence-corrected chi connectivity index (χ3v) is 6.61. The maximum Gasteiger partial charge on any atom is 0.241 e. The molecule has 0 bridgehead atoms. The number of aromatic nitrogens is 2. The molecule has 1 fully saturated rings. The van der Waals surface area contributed by atoms with Gasteiger partial charge in [-0.1, -0.05) is 36.4 Å². The predicted octanol–water partition coefficient (Wildman–Crippen LogP) is 3.01. The number of likely N-dealkylation sites (tertiary alicyclic amines) is 1. The summed E-state index contributed by atoms with van der Waals surface area (Å²) < 4.78 is 21.7. The standard InChI is InChI=1S/C27H29FN4O4/c1-19-8-4-7-11-23(19)32-18-20(16-29-32)17-30(2)24(33)14-27(21-9-5-6-10-22(21)28)15-25(34)31(26(27)35)12-13-36-3/h4-11,16,18H,12-15,17H2,1-3H3/t27-/m0/s1. The highest BCUT2D eigenvalue weighted by Crippen LogP contribution is 2.41. The molecule has 4 rings (SSSR count).